The molecule has 2 nitrogen and oxygen atoms in total. The van der Waals surface area contributed by atoms with Crippen molar-refractivity contribution < 1.29 is 4.79 Å². The molecule has 0 heterocycles. The summed E-state index contributed by atoms with van der Waals surface area (Å²) in [5.74, 6) is 0. The maximum atomic E-state index is 10.7. The van der Waals surface area contributed by atoms with Gasteiger partial charge < -0.3 is 5.32 Å². The van der Waals surface area contributed by atoms with E-state index >= 15 is 0 Å². The van der Waals surface area contributed by atoms with Gasteiger partial charge in [0, 0.05) is 5.56 Å². The van der Waals surface area contributed by atoms with E-state index in [2.05, 4.69) is 11.4 Å². The first-order chi connectivity index (χ1) is 6.88. The van der Waals surface area contributed by atoms with Crippen molar-refractivity contribution in [2.45, 2.75) is 6.42 Å². The van der Waals surface area contributed by atoms with Gasteiger partial charge in [-0.1, -0.05) is 36.4 Å². The van der Waals surface area contributed by atoms with Gasteiger partial charge in [-0.3, -0.25) is 4.79 Å². The molecule has 1 aromatic carbocycles. The molecule has 0 fully saturated rings. The molecule has 0 bridgehead atoms. The molecule has 0 radical (unpaired) electrons. The van der Waals surface area contributed by atoms with E-state index in [4.69, 9.17) is 0 Å². The first kappa shape index (κ1) is 10.7. The monoisotopic (exact) mass is 189 g/mol. The molecule has 0 aromatic heterocycles. The van der Waals surface area contributed by atoms with Crippen LogP contribution in [0.15, 0.2) is 30.3 Å². The van der Waals surface area contributed by atoms with Crippen LogP contribution in [0.3, 0.4) is 0 Å². The van der Waals surface area contributed by atoms with Gasteiger partial charge >= 0.3 is 0 Å². The highest BCUT2D eigenvalue weighted by atomic mass is 16.1. The minimum Gasteiger partial charge on any atom is -0.319 e. The minimum absolute atomic E-state index is 0.744. The number of hydrogen-bond donors (Lipinski definition) is 1. The SMILES string of the molecule is CNCCC=Cc1ccccc1C=O. The third kappa shape index (κ3) is 3.15. The first-order valence-corrected chi connectivity index (χ1v) is 4.74. The number of hydrogen-bond acceptors (Lipinski definition) is 2. The van der Waals surface area contributed by atoms with Crippen molar-refractivity contribution in [1.29, 1.82) is 0 Å². The van der Waals surface area contributed by atoms with Crippen LogP contribution in [0.1, 0.15) is 22.3 Å². The van der Waals surface area contributed by atoms with Crippen LogP contribution in [0.4, 0.5) is 0 Å². The summed E-state index contributed by atoms with van der Waals surface area (Å²) < 4.78 is 0. The van der Waals surface area contributed by atoms with Crippen LogP contribution in [0.25, 0.3) is 6.08 Å². The second kappa shape index (κ2) is 6.11. The topological polar surface area (TPSA) is 29.1 Å². The van der Waals surface area contributed by atoms with Gasteiger partial charge in [-0.05, 0) is 25.6 Å². The van der Waals surface area contributed by atoms with Crippen molar-refractivity contribution in [1.82, 2.24) is 5.32 Å². The lowest BCUT2D eigenvalue weighted by Crippen LogP contribution is -2.05. The Hall–Kier alpha value is -1.41. The van der Waals surface area contributed by atoms with Crippen LogP contribution >= 0.6 is 0 Å². The van der Waals surface area contributed by atoms with Crippen molar-refractivity contribution in [3.05, 3.63) is 41.5 Å². The lowest BCUT2D eigenvalue weighted by atomic mass is 10.1. The number of carbonyl (C=O) groups is 1. The molecule has 0 saturated heterocycles. The average molecular weight is 189 g/mol. The van der Waals surface area contributed by atoms with Gasteiger partial charge in [-0.2, -0.15) is 0 Å². The summed E-state index contributed by atoms with van der Waals surface area (Å²) in [7, 11) is 1.92. The molecular formula is C12H15NO. The van der Waals surface area contributed by atoms with E-state index in [-0.39, 0.29) is 0 Å². The van der Waals surface area contributed by atoms with E-state index in [9.17, 15) is 4.79 Å². The fourth-order valence-electron chi connectivity index (χ4n) is 1.21. The van der Waals surface area contributed by atoms with Gasteiger partial charge in [-0.25, -0.2) is 0 Å². The Morgan fingerprint density at radius 3 is 2.64 bits per heavy atom. The lowest BCUT2D eigenvalue weighted by molar-refractivity contribution is 0.112. The van der Waals surface area contributed by atoms with Crippen molar-refractivity contribution in [2.24, 2.45) is 0 Å². The molecule has 0 spiro atoms. The maximum Gasteiger partial charge on any atom is 0.150 e. The van der Waals surface area contributed by atoms with E-state index in [1.807, 2.05) is 37.4 Å². The lowest BCUT2D eigenvalue weighted by Gasteiger charge is -1.97. The predicted octanol–water partition coefficient (Wildman–Crippen LogP) is 2.12. The van der Waals surface area contributed by atoms with Crippen LogP contribution in [0.2, 0.25) is 0 Å². The molecule has 1 rings (SSSR count). The summed E-state index contributed by atoms with van der Waals surface area (Å²) in [6, 6.07) is 7.57. The smallest absolute Gasteiger partial charge is 0.150 e. The van der Waals surface area contributed by atoms with Crippen LogP contribution < -0.4 is 5.32 Å². The highest BCUT2D eigenvalue weighted by molar-refractivity contribution is 5.81. The molecule has 74 valence electrons. The normalized spacial score (nSPS) is 10.6. The van der Waals surface area contributed by atoms with Crippen LogP contribution in [0.5, 0.6) is 0 Å². The molecule has 0 saturated carbocycles. The first-order valence-electron chi connectivity index (χ1n) is 4.74. The number of nitrogens with one attached hydrogen (secondary N) is 1. The predicted molar refractivity (Wildman–Crippen MR) is 59.4 cm³/mol. The summed E-state index contributed by atoms with van der Waals surface area (Å²) >= 11 is 0. The molecule has 2 heteroatoms. The third-order valence-corrected chi connectivity index (χ3v) is 1.98. The second-order valence-electron chi connectivity index (χ2n) is 3.04. The van der Waals surface area contributed by atoms with E-state index in [1.54, 1.807) is 0 Å². The summed E-state index contributed by atoms with van der Waals surface area (Å²) in [4.78, 5) is 10.7. The molecule has 0 aliphatic heterocycles. The molecule has 0 unspecified atom stereocenters. The van der Waals surface area contributed by atoms with Gasteiger partial charge in [0.25, 0.3) is 0 Å². The Balaban J connectivity index is 2.65. The number of carbonyl (C=O) groups excluding carboxylic acids is 1. The largest absolute Gasteiger partial charge is 0.319 e. The quantitative estimate of drug-likeness (QED) is 0.568. The number of benzene rings is 1. The summed E-state index contributed by atoms with van der Waals surface area (Å²) in [5.41, 5.74) is 1.73. The van der Waals surface area contributed by atoms with Crippen LogP contribution in [0, 0.1) is 0 Å². The zero-order valence-electron chi connectivity index (χ0n) is 8.36. The van der Waals surface area contributed by atoms with Gasteiger partial charge in [0.05, 0.1) is 0 Å². The molecular weight excluding hydrogens is 174 g/mol. The molecule has 0 atom stereocenters. The van der Waals surface area contributed by atoms with Gasteiger partial charge in [0.15, 0.2) is 6.29 Å². The molecule has 0 amide bonds. The zero-order chi connectivity index (χ0) is 10.2. The molecule has 0 aliphatic carbocycles. The van der Waals surface area contributed by atoms with Gasteiger partial charge in [0.1, 0.15) is 0 Å². The Morgan fingerprint density at radius 2 is 2.00 bits per heavy atom. The average Bonchev–Trinajstić information content (AvgIpc) is 2.25. The van der Waals surface area contributed by atoms with Crippen LogP contribution in [-0.2, 0) is 0 Å². The van der Waals surface area contributed by atoms with Crippen molar-refractivity contribution in [3.63, 3.8) is 0 Å². The van der Waals surface area contributed by atoms with Gasteiger partial charge in [-0.15, -0.1) is 0 Å². The Kier molecular flexibility index (Phi) is 4.65. The molecule has 14 heavy (non-hydrogen) atoms. The highest BCUT2D eigenvalue weighted by Crippen LogP contribution is 2.08. The Bertz CT molecular complexity index is 318. The van der Waals surface area contributed by atoms with Crippen LogP contribution in [-0.4, -0.2) is 19.9 Å². The Morgan fingerprint density at radius 1 is 1.29 bits per heavy atom. The second-order valence-corrected chi connectivity index (χ2v) is 3.04. The minimum atomic E-state index is 0.744. The summed E-state index contributed by atoms with van der Waals surface area (Å²) in [6.07, 6.45) is 5.92. The van der Waals surface area contributed by atoms with E-state index < -0.39 is 0 Å². The van der Waals surface area contributed by atoms with E-state index in [0.29, 0.717) is 0 Å². The molecule has 1 aromatic rings. The number of rotatable bonds is 5. The van der Waals surface area contributed by atoms with Crippen molar-refractivity contribution in [2.75, 3.05) is 13.6 Å². The highest BCUT2D eigenvalue weighted by Gasteiger charge is 1.94. The zero-order valence-corrected chi connectivity index (χ0v) is 8.36. The number of aldehydes is 1. The molecule has 1 N–H and O–H groups in total. The van der Waals surface area contributed by atoms with Crippen molar-refractivity contribution in [3.8, 4) is 0 Å². The van der Waals surface area contributed by atoms with E-state index in [1.165, 1.54) is 0 Å². The van der Waals surface area contributed by atoms with Crippen molar-refractivity contribution >= 4 is 12.4 Å². The Labute approximate surface area is 84.6 Å². The van der Waals surface area contributed by atoms with Gasteiger partial charge in [0.2, 0.25) is 0 Å². The fraction of sp³-hybridized carbons (Fsp3) is 0.250. The third-order valence-electron chi connectivity index (χ3n) is 1.98. The summed E-state index contributed by atoms with van der Waals surface area (Å²) in [5, 5.41) is 3.06. The fourth-order valence-corrected chi connectivity index (χ4v) is 1.21. The molecule has 0 aliphatic rings. The maximum absolute atomic E-state index is 10.7. The summed E-state index contributed by atoms with van der Waals surface area (Å²) in [6.45, 7) is 0.958. The van der Waals surface area contributed by atoms with E-state index in [0.717, 1.165) is 30.4 Å². The standard InChI is InChI=1S/C12H15NO/c1-13-9-5-4-7-11-6-2-3-8-12(11)10-14/h2-4,6-8,10,13H,5,9H2,1H3.